The second kappa shape index (κ2) is 5.66. The first-order chi connectivity index (χ1) is 12.9. The van der Waals surface area contributed by atoms with E-state index in [1.165, 1.54) is 18.2 Å². The van der Waals surface area contributed by atoms with Crippen molar-refractivity contribution in [2.75, 3.05) is 6.54 Å². The van der Waals surface area contributed by atoms with Crippen LogP contribution in [0.1, 0.15) is 72.6 Å². The fraction of sp³-hybridized carbons (Fsp3) is 0.591. The van der Waals surface area contributed by atoms with Gasteiger partial charge in [-0.3, -0.25) is 19.3 Å². The molecule has 4 bridgehead atoms. The van der Waals surface area contributed by atoms with Crippen LogP contribution in [0.3, 0.4) is 0 Å². The molecule has 6 rings (SSSR count). The van der Waals surface area contributed by atoms with Gasteiger partial charge >= 0.3 is 5.97 Å². The molecule has 5 heteroatoms. The van der Waals surface area contributed by atoms with Gasteiger partial charge in [-0.25, -0.2) is 0 Å². The van der Waals surface area contributed by atoms with Crippen molar-refractivity contribution in [3.05, 3.63) is 35.4 Å². The molecule has 0 radical (unpaired) electrons. The highest BCUT2D eigenvalue weighted by atomic mass is 16.6. The molecular weight excluding hydrogens is 342 g/mol. The molecule has 0 N–H and O–H groups in total. The molecule has 2 amide bonds. The van der Waals surface area contributed by atoms with Crippen molar-refractivity contribution in [1.29, 1.82) is 0 Å². The minimum absolute atomic E-state index is 0.0921. The quantitative estimate of drug-likeness (QED) is 0.603. The Kier molecular flexibility index (Phi) is 3.56. The largest absolute Gasteiger partial charge is 0.459 e. The summed E-state index contributed by atoms with van der Waals surface area (Å²) in [6, 6.07) is 7.07. The summed E-state index contributed by atoms with van der Waals surface area (Å²) < 4.78 is 5.85. The van der Waals surface area contributed by atoms with Crippen molar-refractivity contribution >= 4 is 17.8 Å². The molecule has 5 nitrogen and oxygen atoms in total. The van der Waals surface area contributed by atoms with E-state index in [4.69, 9.17) is 4.74 Å². The number of hydrogen-bond acceptors (Lipinski definition) is 4. The second-order valence-electron chi connectivity index (χ2n) is 9.30. The number of esters is 1. The van der Waals surface area contributed by atoms with Gasteiger partial charge in [0.1, 0.15) is 5.60 Å². The summed E-state index contributed by atoms with van der Waals surface area (Å²) in [5, 5.41) is 0. The third-order valence-corrected chi connectivity index (χ3v) is 7.23. The van der Waals surface area contributed by atoms with E-state index in [9.17, 15) is 14.4 Å². The number of rotatable bonds is 4. The first kappa shape index (κ1) is 17.0. The van der Waals surface area contributed by atoms with Crippen LogP contribution in [-0.4, -0.2) is 34.8 Å². The van der Waals surface area contributed by atoms with Crippen LogP contribution in [0.25, 0.3) is 0 Å². The molecule has 1 aromatic carbocycles. The molecule has 0 unspecified atom stereocenters. The van der Waals surface area contributed by atoms with Gasteiger partial charge in [0.25, 0.3) is 11.8 Å². The number of amides is 2. The van der Waals surface area contributed by atoms with Crippen LogP contribution < -0.4 is 0 Å². The molecule has 0 aromatic heterocycles. The molecule has 1 aromatic rings. The molecule has 27 heavy (non-hydrogen) atoms. The zero-order valence-corrected chi connectivity index (χ0v) is 15.7. The zero-order chi connectivity index (χ0) is 18.8. The van der Waals surface area contributed by atoms with Gasteiger partial charge in [0.15, 0.2) is 0 Å². The van der Waals surface area contributed by atoms with Gasteiger partial charge in [-0.15, -0.1) is 0 Å². The van der Waals surface area contributed by atoms with Gasteiger partial charge in [-0.1, -0.05) is 12.1 Å². The lowest BCUT2D eigenvalue weighted by Gasteiger charge is -2.61. The van der Waals surface area contributed by atoms with Crippen molar-refractivity contribution in [3.8, 4) is 0 Å². The monoisotopic (exact) mass is 367 g/mol. The minimum Gasteiger partial charge on any atom is -0.459 e. The number of ether oxygens (including phenoxy) is 1. The smallest absolute Gasteiger partial charge is 0.303 e. The lowest BCUT2D eigenvalue weighted by Crippen LogP contribution is -2.57. The maximum atomic E-state index is 12.7. The maximum Gasteiger partial charge on any atom is 0.303 e. The minimum atomic E-state index is -0.308. The SMILES string of the molecule is CC(=O)OC12C[C@@H]3C[C@H](CC(CCN4C(=O)c5ccccc5C4=O)(C3)C1)C2. The molecule has 5 aliphatic rings. The molecule has 0 saturated heterocycles. The number of carbonyl (C=O) groups is 3. The van der Waals surface area contributed by atoms with Gasteiger partial charge in [-0.05, 0) is 74.3 Å². The van der Waals surface area contributed by atoms with Crippen LogP contribution in [0.5, 0.6) is 0 Å². The normalized spacial score (nSPS) is 36.3. The van der Waals surface area contributed by atoms with E-state index >= 15 is 0 Å². The molecule has 0 spiro atoms. The van der Waals surface area contributed by atoms with Crippen molar-refractivity contribution in [2.24, 2.45) is 17.3 Å². The summed E-state index contributed by atoms with van der Waals surface area (Å²) in [5.74, 6) is 0.679. The Bertz CT molecular complexity index is 795. The van der Waals surface area contributed by atoms with Crippen LogP contribution in [0.2, 0.25) is 0 Å². The average Bonchev–Trinajstić information content (AvgIpc) is 2.82. The maximum absolute atomic E-state index is 12.7. The first-order valence-electron chi connectivity index (χ1n) is 10.0. The third-order valence-electron chi connectivity index (χ3n) is 7.23. The van der Waals surface area contributed by atoms with E-state index in [1.807, 2.05) is 0 Å². The second-order valence-corrected chi connectivity index (χ2v) is 9.30. The van der Waals surface area contributed by atoms with E-state index in [0.29, 0.717) is 29.5 Å². The van der Waals surface area contributed by atoms with Crippen LogP contribution >= 0.6 is 0 Å². The predicted octanol–water partition coefficient (Wildman–Crippen LogP) is 3.57. The van der Waals surface area contributed by atoms with Crippen LogP contribution in [0.4, 0.5) is 0 Å². The van der Waals surface area contributed by atoms with Crippen molar-refractivity contribution in [3.63, 3.8) is 0 Å². The van der Waals surface area contributed by atoms with Gasteiger partial charge in [0, 0.05) is 13.5 Å². The van der Waals surface area contributed by atoms with Crippen molar-refractivity contribution < 1.29 is 19.1 Å². The summed E-state index contributed by atoms with van der Waals surface area (Å²) >= 11 is 0. The van der Waals surface area contributed by atoms with Crippen molar-refractivity contribution in [1.82, 2.24) is 4.90 Å². The Morgan fingerprint density at radius 2 is 1.67 bits per heavy atom. The van der Waals surface area contributed by atoms with E-state index in [1.54, 1.807) is 24.3 Å². The number of carbonyl (C=O) groups excluding carboxylic acids is 3. The summed E-state index contributed by atoms with van der Waals surface area (Å²) in [6.07, 6.45) is 7.17. The third kappa shape index (κ3) is 2.62. The molecule has 4 fully saturated rings. The standard InChI is InChI=1S/C22H25NO4/c1-14(24)27-22-11-15-8-16(12-22)10-21(9-15,13-22)6-7-23-19(25)17-4-2-3-5-18(17)20(23)26/h2-5,15-16H,6-13H2,1H3/t15-,16-,21?,22?/m1/s1. The Hall–Kier alpha value is -2.17. The number of imide groups is 1. The average molecular weight is 367 g/mol. The van der Waals surface area contributed by atoms with Crippen LogP contribution in [-0.2, 0) is 9.53 Å². The highest BCUT2D eigenvalue weighted by Gasteiger charge is 2.59. The molecule has 142 valence electrons. The summed E-state index contributed by atoms with van der Waals surface area (Å²) in [6.45, 7) is 1.96. The fourth-order valence-corrected chi connectivity index (χ4v) is 6.87. The Labute approximate surface area is 159 Å². The number of fused-ring (bicyclic) bond motifs is 1. The van der Waals surface area contributed by atoms with Gasteiger partial charge < -0.3 is 4.74 Å². The Balaban J connectivity index is 1.35. The first-order valence-corrected chi connectivity index (χ1v) is 10.0. The van der Waals surface area contributed by atoms with Crippen LogP contribution in [0, 0.1) is 17.3 Å². The Morgan fingerprint density at radius 1 is 1.07 bits per heavy atom. The lowest BCUT2D eigenvalue weighted by atomic mass is 9.47. The van der Waals surface area contributed by atoms with Gasteiger partial charge in [0.2, 0.25) is 0 Å². The number of benzene rings is 1. The summed E-state index contributed by atoms with van der Waals surface area (Å²) in [5.41, 5.74) is 0.820. The van der Waals surface area contributed by atoms with E-state index < -0.39 is 0 Å². The Morgan fingerprint density at radius 3 is 2.22 bits per heavy atom. The molecule has 4 aliphatic carbocycles. The summed E-state index contributed by atoms with van der Waals surface area (Å²) in [4.78, 5) is 38.4. The number of hydrogen-bond donors (Lipinski definition) is 0. The highest BCUT2D eigenvalue weighted by Crippen LogP contribution is 2.64. The number of nitrogens with zero attached hydrogens (tertiary/aromatic N) is 1. The van der Waals surface area contributed by atoms with E-state index in [0.717, 1.165) is 38.5 Å². The fourth-order valence-electron chi connectivity index (χ4n) is 6.87. The predicted molar refractivity (Wildman–Crippen MR) is 98.0 cm³/mol. The molecule has 1 aliphatic heterocycles. The summed E-state index contributed by atoms with van der Waals surface area (Å²) in [7, 11) is 0. The molecule has 2 atom stereocenters. The lowest BCUT2D eigenvalue weighted by molar-refractivity contribution is -0.200. The van der Waals surface area contributed by atoms with Gasteiger partial charge in [-0.2, -0.15) is 0 Å². The van der Waals surface area contributed by atoms with E-state index in [-0.39, 0.29) is 28.8 Å². The molecular formula is C22H25NO4. The molecule has 1 heterocycles. The zero-order valence-electron chi connectivity index (χ0n) is 15.7. The van der Waals surface area contributed by atoms with Crippen molar-refractivity contribution in [2.45, 2.75) is 57.5 Å². The van der Waals surface area contributed by atoms with E-state index in [2.05, 4.69) is 0 Å². The molecule has 4 saturated carbocycles. The topological polar surface area (TPSA) is 63.7 Å². The van der Waals surface area contributed by atoms with Crippen LogP contribution in [0.15, 0.2) is 24.3 Å². The highest BCUT2D eigenvalue weighted by molar-refractivity contribution is 6.21. The van der Waals surface area contributed by atoms with Gasteiger partial charge in [0.05, 0.1) is 11.1 Å².